The standard InChI is InChI=1S/C32H37N3O5/c1-2-3-4-5-14-28(37)35(17-15-22-19-21-10-6-8-12-25(21)34-22)26-20-24(32(39)33-16-18-36)29-23-11-7-9-13-27(23)40-31(29)30(26)38/h2,6-13,19-20,26,29-31,34,36,38H,1,3-5,14-18H2,(H,33,39)/t26-,29+,30+,31+/m1/s1. The molecular formula is C32H37N3O5. The fourth-order valence-electron chi connectivity index (χ4n) is 5.85. The van der Waals surface area contributed by atoms with Crippen molar-refractivity contribution in [3.63, 3.8) is 0 Å². The third kappa shape index (κ3) is 5.69. The highest BCUT2D eigenvalue weighted by Crippen LogP contribution is 2.47. The van der Waals surface area contributed by atoms with Gasteiger partial charge in [-0.1, -0.05) is 42.5 Å². The van der Waals surface area contributed by atoms with E-state index < -0.39 is 24.2 Å². The molecule has 4 N–H and O–H groups in total. The van der Waals surface area contributed by atoms with E-state index in [1.54, 1.807) is 11.0 Å². The highest BCUT2D eigenvalue weighted by molar-refractivity contribution is 5.96. The highest BCUT2D eigenvalue weighted by Gasteiger charge is 2.50. The first kappa shape index (κ1) is 27.7. The molecule has 2 aliphatic rings. The summed E-state index contributed by atoms with van der Waals surface area (Å²) in [4.78, 5) is 32.1. The van der Waals surface area contributed by atoms with Crippen LogP contribution in [-0.4, -0.2) is 69.9 Å². The van der Waals surface area contributed by atoms with Gasteiger partial charge >= 0.3 is 0 Å². The average molecular weight is 544 g/mol. The molecule has 2 aromatic carbocycles. The van der Waals surface area contributed by atoms with Gasteiger partial charge < -0.3 is 30.2 Å². The number of amides is 2. The number of aliphatic hydroxyl groups is 2. The molecule has 0 radical (unpaired) electrons. The van der Waals surface area contributed by atoms with Gasteiger partial charge in [0, 0.05) is 48.3 Å². The topological polar surface area (TPSA) is 115 Å². The van der Waals surface area contributed by atoms with E-state index in [0.29, 0.717) is 37.1 Å². The summed E-state index contributed by atoms with van der Waals surface area (Å²) in [6.45, 7) is 4.04. The lowest BCUT2D eigenvalue weighted by Crippen LogP contribution is -2.56. The third-order valence-corrected chi connectivity index (χ3v) is 7.81. The minimum atomic E-state index is -1.04. The first-order valence-electron chi connectivity index (χ1n) is 14.0. The number of rotatable bonds is 12. The van der Waals surface area contributed by atoms with Crippen LogP contribution in [0.2, 0.25) is 0 Å². The van der Waals surface area contributed by atoms with E-state index in [2.05, 4.69) is 22.9 Å². The maximum absolute atomic E-state index is 13.7. The largest absolute Gasteiger partial charge is 0.486 e. The molecule has 3 aromatic rings. The van der Waals surface area contributed by atoms with E-state index in [1.165, 1.54) is 0 Å². The quantitative estimate of drug-likeness (QED) is 0.206. The number of hydrogen-bond donors (Lipinski definition) is 4. The lowest BCUT2D eigenvalue weighted by atomic mass is 9.77. The van der Waals surface area contributed by atoms with Crippen LogP contribution in [0, 0.1) is 0 Å². The number of nitrogens with one attached hydrogen (secondary N) is 2. The minimum absolute atomic E-state index is 0.0791. The number of hydrogen-bond acceptors (Lipinski definition) is 5. The van der Waals surface area contributed by atoms with Gasteiger partial charge in [0.1, 0.15) is 18.0 Å². The van der Waals surface area contributed by atoms with Crippen molar-refractivity contribution in [3.8, 4) is 5.75 Å². The van der Waals surface area contributed by atoms with Crippen molar-refractivity contribution in [2.45, 2.75) is 56.3 Å². The Balaban J connectivity index is 1.46. The number of aliphatic hydroxyl groups excluding tert-OH is 2. The number of H-pyrrole nitrogens is 1. The predicted octanol–water partition coefficient (Wildman–Crippen LogP) is 3.61. The van der Waals surface area contributed by atoms with E-state index in [4.69, 9.17) is 4.74 Å². The van der Waals surface area contributed by atoms with Gasteiger partial charge in [0.2, 0.25) is 11.8 Å². The molecule has 4 atom stereocenters. The van der Waals surface area contributed by atoms with Crippen molar-refractivity contribution >= 4 is 22.7 Å². The van der Waals surface area contributed by atoms with E-state index in [9.17, 15) is 19.8 Å². The number of benzene rings is 2. The van der Waals surface area contributed by atoms with Gasteiger partial charge in [0.05, 0.1) is 18.6 Å². The molecule has 8 nitrogen and oxygen atoms in total. The van der Waals surface area contributed by atoms with Crippen molar-refractivity contribution < 1.29 is 24.5 Å². The fraction of sp³-hybridized carbons (Fsp3) is 0.375. The van der Waals surface area contributed by atoms with Gasteiger partial charge in [-0.15, -0.1) is 6.58 Å². The number of unbranched alkanes of at least 4 members (excludes halogenated alkanes) is 2. The summed E-state index contributed by atoms with van der Waals surface area (Å²) in [5.41, 5.74) is 3.29. The lowest BCUT2D eigenvalue weighted by Gasteiger charge is -2.40. The van der Waals surface area contributed by atoms with Crippen LogP contribution >= 0.6 is 0 Å². The maximum atomic E-state index is 13.7. The zero-order valence-electron chi connectivity index (χ0n) is 22.6. The van der Waals surface area contributed by atoms with Gasteiger partial charge in [0.15, 0.2) is 0 Å². The first-order chi connectivity index (χ1) is 19.5. The molecule has 5 rings (SSSR count). The molecule has 0 bridgehead atoms. The number of ether oxygens (including phenoxy) is 1. The zero-order valence-corrected chi connectivity index (χ0v) is 22.6. The number of carbonyl (C=O) groups is 2. The molecule has 210 valence electrons. The maximum Gasteiger partial charge on any atom is 0.247 e. The monoisotopic (exact) mass is 543 g/mol. The Morgan fingerprint density at radius 3 is 2.73 bits per heavy atom. The Bertz CT molecular complexity index is 1360. The van der Waals surface area contributed by atoms with E-state index in [1.807, 2.05) is 54.6 Å². The van der Waals surface area contributed by atoms with Crippen molar-refractivity contribution in [1.82, 2.24) is 15.2 Å². The van der Waals surface area contributed by atoms with Gasteiger partial charge in [-0.05, 0) is 48.9 Å². The highest BCUT2D eigenvalue weighted by atomic mass is 16.5. The minimum Gasteiger partial charge on any atom is -0.486 e. The van der Waals surface area contributed by atoms with Crippen molar-refractivity contribution in [1.29, 1.82) is 0 Å². The van der Waals surface area contributed by atoms with E-state index in [-0.39, 0.29) is 25.0 Å². The average Bonchev–Trinajstić information content (AvgIpc) is 3.57. The molecule has 1 aliphatic carbocycles. The first-order valence-corrected chi connectivity index (χ1v) is 14.0. The second-order valence-electron chi connectivity index (χ2n) is 10.4. The Hall–Kier alpha value is -3.88. The molecule has 2 amide bonds. The van der Waals surface area contributed by atoms with Crippen molar-refractivity contribution in [2.75, 3.05) is 19.7 Å². The summed E-state index contributed by atoms with van der Waals surface area (Å²) in [5.74, 6) is -0.266. The van der Waals surface area contributed by atoms with Crippen LogP contribution in [0.1, 0.15) is 42.9 Å². The summed E-state index contributed by atoms with van der Waals surface area (Å²) in [7, 11) is 0. The van der Waals surface area contributed by atoms with Crippen molar-refractivity contribution in [2.24, 2.45) is 0 Å². The van der Waals surface area contributed by atoms with E-state index in [0.717, 1.165) is 35.0 Å². The van der Waals surface area contributed by atoms with Gasteiger partial charge in [-0.3, -0.25) is 9.59 Å². The van der Waals surface area contributed by atoms with Crippen LogP contribution in [0.3, 0.4) is 0 Å². The Kier molecular flexibility index (Phi) is 8.67. The normalized spacial score (nSPS) is 21.2. The molecule has 0 saturated carbocycles. The number of nitrogens with zero attached hydrogens (tertiary/aromatic N) is 1. The SMILES string of the molecule is C=CCCCCC(=O)N(CCc1cc2ccccc2[nH]1)[C@@H]1C=C(C(=O)NCCO)[C@@H]2c3ccccc3O[C@@H]2[C@H]1O. The smallest absolute Gasteiger partial charge is 0.247 e. The number of aromatic amines is 1. The lowest BCUT2D eigenvalue weighted by molar-refractivity contribution is -0.137. The second-order valence-corrected chi connectivity index (χ2v) is 10.4. The van der Waals surface area contributed by atoms with Crippen molar-refractivity contribution in [3.05, 3.63) is 90.2 Å². The molecule has 1 aliphatic heterocycles. The van der Waals surface area contributed by atoms with Crippen LogP contribution in [0.4, 0.5) is 0 Å². The molecule has 8 heteroatoms. The van der Waals surface area contributed by atoms with Gasteiger partial charge in [-0.25, -0.2) is 0 Å². The summed E-state index contributed by atoms with van der Waals surface area (Å²) in [5, 5.41) is 24.8. The van der Waals surface area contributed by atoms with Crippen LogP contribution < -0.4 is 10.1 Å². The molecule has 0 unspecified atom stereocenters. The molecule has 2 heterocycles. The Morgan fingerprint density at radius 1 is 1.12 bits per heavy atom. The van der Waals surface area contributed by atoms with Crippen LogP contribution in [0.5, 0.6) is 5.75 Å². The molecule has 0 fully saturated rings. The summed E-state index contributed by atoms with van der Waals surface area (Å²) >= 11 is 0. The Morgan fingerprint density at radius 2 is 1.93 bits per heavy atom. The fourth-order valence-corrected chi connectivity index (χ4v) is 5.85. The number of fused-ring (bicyclic) bond motifs is 4. The summed E-state index contributed by atoms with van der Waals surface area (Å²) in [6, 6.07) is 16.8. The van der Waals surface area contributed by atoms with Crippen LogP contribution in [0.25, 0.3) is 10.9 Å². The predicted molar refractivity (Wildman–Crippen MR) is 154 cm³/mol. The number of carbonyl (C=O) groups excluding carboxylic acids is 2. The molecule has 0 saturated heterocycles. The summed E-state index contributed by atoms with van der Waals surface area (Å²) in [6.07, 6.45) is 5.11. The number of allylic oxidation sites excluding steroid dienone is 1. The number of aromatic nitrogens is 1. The Labute approximate surface area is 234 Å². The zero-order chi connectivity index (χ0) is 28.1. The molecular weight excluding hydrogens is 506 g/mol. The van der Waals surface area contributed by atoms with E-state index >= 15 is 0 Å². The third-order valence-electron chi connectivity index (χ3n) is 7.81. The molecule has 40 heavy (non-hydrogen) atoms. The van der Waals surface area contributed by atoms with Gasteiger partial charge in [-0.2, -0.15) is 0 Å². The summed E-state index contributed by atoms with van der Waals surface area (Å²) < 4.78 is 6.21. The second kappa shape index (κ2) is 12.5. The van der Waals surface area contributed by atoms with Gasteiger partial charge in [0.25, 0.3) is 0 Å². The molecule has 0 spiro atoms. The van der Waals surface area contributed by atoms with Crippen LogP contribution in [-0.2, 0) is 16.0 Å². The number of para-hydroxylation sites is 2. The van der Waals surface area contributed by atoms with Crippen LogP contribution in [0.15, 0.2) is 78.9 Å². The molecule has 1 aromatic heterocycles.